The van der Waals surface area contributed by atoms with Gasteiger partial charge >= 0.3 is 0 Å². The van der Waals surface area contributed by atoms with E-state index < -0.39 is 0 Å². The van der Waals surface area contributed by atoms with Crippen LogP contribution >= 0.6 is 11.8 Å². The van der Waals surface area contributed by atoms with E-state index in [9.17, 15) is 10.1 Å². The van der Waals surface area contributed by atoms with E-state index in [1.807, 2.05) is 30.3 Å². The number of benzene rings is 2. The van der Waals surface area contributed by atoms with Crippen LogP contribution in [0.2, 0.25) is 0 Å². The molecule has 0 bridgehead atoms. The summed E-state index contributed by atoms with van der Waals surface area (Å²) in [6, 6.07) is 13.1. The molecule has 7 heteroatoms. The minimum absolute atomic E-state index is 0.104. The van der Waals surface area contributed by atoms with Gasteiger partial charge in [-0.05, 0) is 25.2 Å². The molecule has 4 rings (SSSR count). The van der Waals surface area contributed by atoms with Gasteiger partial charge in [-0.15, -0.1) is 0 Å². The van der Waals surface area contributed by atoms with Crippen molar-refractivity contribution in [3.63, 3.8) is 0 Å². The summed E-state index contributed by atoms with van der Waals surface area (Å²) in [5, 5.41) is 11.3. The van der Waals surface area contributed by atoms with Gasteiger partial charge in [-0.1, -0.05) is 23.9 Å². The predicted molar refractivity (Wildman–Crippen MR) is 98.9 cm³/mol. The Morgan fingerprint density at radius 3 is 2.60 bits per heavy atom. The molecule has 1 fully saturated rings. The van der Waals surface area contributed by atoms with Crippen LogP contribution in [0.15, 0.2) is 57.2 Å². The number of hydrogen-bond acceptors (Lipinski definition) is 6. The molecule has 0 spiro atoms. The molecule has 2 aromatic carbocycles. The van der Waals surface area contributed by atoms with Crippen LogP contribution in [-0.2, 0) is 0 Å². The number of para-hydroxylation sites is 1. The van der Waals surface area contributed by atoms with E-state index in [-0.39, 0.29) is 10.6 Å². The van der Waals surface area contributed by atoms with Gasteiger partial charge in [-0.3, -0.25) is 10.1 Å². The minimum atomic E-state index is -0.343. The van der Waals surface area contributed by atoms with E-state index in [1.54, 1.807) is 23.9 Å². The highest BCUT2D eigenvalue weighted by Gasteiger charge is 2.26. The Bertz CT molecular complexity index is 860. The molecular weight excluding hydrogens is 336 g/mol. The smallest absolute Gasteiger partial charge is 0.270 e. The molecule has 0 N–H and O–H groups in total. The number of non-ortho nitro benzene ring substituents is 1. The number of fused-ring (bicyclic) bond motifs is 2. The molecule has 2 heterocycles. The SMILES string of the molecule is CN1CCN(C2=Nc3ccccc3Sc3ccc([N+](=O)[O-])cc32)CC1. The van der Waals surface area contributed by atoms with Gasteiger partial charge in [0.2, 0.25) is 0 Å². The van der Waals surface area contributed by atoms with E-state index in [4.69, 9.17) is 4.99 Å². The van der Waals surface area contributed by atoms with Crippen LogP contribution in [0.3, 0.4) is 0 Å². The summed E-state index contributed by atoms with van der Waals surface area (Å²) in [7, 11) is 2.11. The van der Waals surface area contributed by atoms with Crippen LogP contribution in [0.5, 0.6) is 0 Å². The van der Waals surface area contributed by atoms with Gasteiger partial charge in [0.25, 0.3) is 5.69 Å². The van der Waals surface area contributed by atoms with Crippen molar-refractivity contribution in [1.29, 1.82) is 0 Å². The van der Waals surface area contributed by atoms with Gasteiger partial charge in [-0.25, -0.2) is 4.99 Å². The first-order valence-electron chi connectivity index (χ1n) is 8.20. The third-order valence-corrected chi connectivity index (χ3v) is 5.67. The molecule has 0 aliphatic carbocycles. The molecule has 128 valence electrons. The summed E-state index contributed by atoms with van der Waals surface area (Å²) in [6.07, 6.45) is 0. The molecular formula is C18H18N4O2S. The summed E-state index contributed by atoms with van der Waals surface area (Å²) >= 11 is 1.62. The van der Waals surface area contributed by atoms with Crippen LogP contribution in [0.1, 0.15) is 5.56 Å². The van der Waals surface area contributed by atoms with Gasteiger partial charge < -0.3 is 9.80 Å². The average Bonchev–Trinajstić information content (AvgIpc) is 2.78. The Morgan fingerprint density at radius 2 is 1.84 bits per heavy atom. The number of piperazine rings is 1. The maximum absolute atomic E-state index is 11.3. The zero-order valence-electron chi connectivity index (χ0n) is 13.9. The number of rotatable bonds is 1. The van der Waals surface area contributed by atoms with Gasteiger partial charge in [0.1, 0.15) is 5.84 Å². The van der Waals surface area contributed by atoms with Crippen LogP contribution in [0.25, 0.3) is 0 Å². The van der Waals surface area contributed by atoms with Crippen LogP contribution in [0.4, 0.5) is 11.4 Å². The Labute approximate surface area is 150 Å². The Kier molecular flexibility index (Phi) is 4.19. The van der Waals surface area contributed by atoms with E-state index in [0.717, 1.165) is 53.1 Å². The van der Waals surface area contributed by atoms with Gasteiger partial charge in [0.05, 0.1) is 10.6 Å². The van der Waals surface area contributed by atoms with Gasteiger partial charge in [0.15, 0.2) is 0 Å². The molecule has 2 aliphatic rings. The molecule has 1 saturated heterocycles. The number of amidine groups is 1. The molecule has 25 heavy (non-hydrogen) atoms. The van der Waals surface area contributed by atoms with Crippen molar-refractivity contribution in [3.05, 3.63) is 58.1 Å². The lowest BCUT2D eigenvalue weighted by molar-refractivity contribution is -0.384. The van der Waals surface area contributed by atoms with Crippen molar-refractivity contribution >= 4 is 29.0 Å². The molecule has 0 saturated carbocycles. The average molecular weight is 354 g/mol. The van der Waals surface area contributed by atoms with Crippen molar-refractivity contribution in [2.75, 3.05) is 33.2 Å². The first-order valence-corrected chi connectivity index (χ1v) is 9.01. The molecule has 2 aromatic rings. The molecule has 6 nitrogen and oxygen atoms in total. The molecule has 0 aromatic heterocycles. The monoisotopic (exact) mass is 354 g/mol. The van der Waals surface area contributed by atoms with E-state index >= 15 is 0 Å². The topological polar surface area (TPSA) is 62.0 Å². The molecule has 2 aliphatic heterocycles. The molecule has 0 atom stereocenters. The van der Waals surface area contributed by atoms with E-state index in [2.05, 4.69) is 16.8 Å². The highest BCUT2D eigenvalue weighted by atomic mass is 32.2. The van der Waals surface area contributed by atoms with Crippen molar-refractivity contribution < 1.29 is 4.92 Å². The van der Waals surface area contributed by atoms with Crippen LogP contribution in [-0.4, -0.2) is 53.8 Å². The van der Waals surface area contributed by atoms with Crippen LogP contribution in [0, 0.1) is 10.1 Å². The fourth-order valence-electron chi connectivity index (χ4n) is 3.08. The number of nitro benzene ring substituents is 1. The Balaban J connectivity index is 1.85. The maximum atomic E-state index is 11.3. The number of aliphatic imine (C=N–C) groups is 1. The largest absolute Gasteiger partial charge is 0.353 e. The first-order chi connectivity index (χ1) is 12.1. The standard InChI is InChI=1S/C18H18N4O2S/c1-20-8-10-21(11-9-20)18-14-12-13(22(23)24)6-7-16(14)25-17-5-3-2-4-15(17)19-18/h2-7,12H,8-11H2,1H3. The lowest BCUT2D eigenvalue weighted by Gasteiger charge is -2.34. The van der Waals surface area contributed by atoms with Gasteiger partial charge in [0, 0.05) is 53.7 Å². The number of nitro groups is 1. The lowest BCUT2D eigenvalue weighted by atomic mass is 10.1. The van der Waals surface area contributed by atoms with Crippen molar-refractivity contribution in [2.45, 2.75) is 9.79 Å². The normalized spacial score (nSPS) is 17.3. The summed E-state index contributed by atoms with van der Waals surface area (Å²) in [4.78, 5) is 22.4. The van der Waals surface area contributed by atoms with E-state index in [1.165, 1.54) is 0 Å². The second-order valence-electron chi connectivity index (χ2n) is 6.23. The van der Waals surface area contributed by atoms with E-state index in [0.29, 0.717) is 0 Å². The number of hydrogen-bond donors (Lipinski definition) is 0. The fraction of sp³-hybridized carbons (Fsp3) is 0.278. The fourth-order valence-corrected chi connectivity index (χ4v) is 4.08. The van der Waals surface area contributed by atoms with Crippen LogP contribution < -0.4 is 0 Å². The first kappa shape index (κ1) is 16.1. The third kappa shape index (κ3) is 3.12. The minimum Gasteiger partial charge on any atom is -0.353 e. The lowest BCUT2D eigenvalue weighted by Crippen LogP contribution is -2.47. The Hall–Kier alpha value is -2.38. The second-order valence-corrected chi connectivity index (χ2v) is 7.32. The van der Waals surface area contributed by atoms with Crippen molar-refractivity contribution in [3.8, 4) is 0 Å². The highest BCUT2D eigenvalue weighted by Crippen LogP contribution is 2.41. The predicted octanol–water partition coefficient (Wildman–Crippen LogP) is 3.39. The third-order valence-electron chi connectivity index (χ3n) is 4.53. The summed E-state index contributed by atoms with van der Waals surface area (Å²) in [6.45, 7) is 3.64. The summed E-state index contributed by atoms with van der Waals surface area (Å²) < 4.78 is 0. The van der Waals surface area contributed by atoms with Crippen molar-refractivity contribution in [2.24, 2.45) is 4.99 Å². The highest BCUT2D eigenvalue weighted by molar-refractivity contribution is 7.99. The summed E-state index contributed by atoms with van der Waals surface area (Å²) in [5.41, 5.74) is 1.87. The molecule has 0 unspecified atom stereocenters. The van der Waals surface area contributed by atoms with Gasteiger partial charge in [-0.2, -0.15) is 0 Å². The molecule has 0 amide bonds. The molecule has 0 radical (unpaired) electrons. The zero-order valence-corrected chi connectivity index (χ0v) is 14.7. The summed E-state index contributed by atoms with van der Waals surface area (Å²) in [5.74, 6) is 0.837. The number of nitrogens with zero attached hydrogens (tertiary/aromatic N) is 4. The maximum Gasteiger partial charge on any atom is 0.270 e. The Morgan fingerprint density at radius 1 is 1.08 bits per heavy atom. The zero-order chi connectivity index (χ0) is 17.4. The quantitative estimate of drug-likeness (QED) is 0.580. The number of likely N-dealkylation sites (N-methyl/N-ethyl adjacent to an activating group) is 1. The second kappa shape index (κ2) is 6.50. The van der Waals surface area contributed by atoms with Crippen molar-refractivity contribution in [1.82, 2.24) is 9.80 Å².